The molecule has 0 saturated carbocycles. The van der Waals surface area contributed by atoms with Crippen LogP contribution in [0.25, 0.3) is 0 Å². The van der Waals surface area contributed by atoms with Crippen molar-refractivity contribution in [3.05, 3.63) is 42.5 Å². The molecule has 1 aromatic heterocycles. The number of rotatable bonds is 2. The Kier molecular flexibility index (Phi) is 2.93. The maximum atomic E-state index is 5.88. The molecule has 2 heterocycles. The highest BCUT2D eigenvalue weighted by Gasteiger charge is 2.27. The molecule has 4 heteroatoms. The van der Waals surface area contributed by atoms with Crippen molar-refractivity contribution in [3.8, 4) is 0 Å². The molecule has 1 atom stereocenters. The molecule has 1 aliphatic rings. The maximum Gasteiger partial charge on any atom is 0.243 e. The molecule has 1 aromatic carbocycles. The number of hydrogen-bond acceptors (Lipinski definition) is 2. The highest BCUT2D eigenvalue weighted by molar-refractivity contribution is 5.58. The van der Waals surface area contributed by atoms with Crippen LogP contribution in [-0.2, 0) is 7.05 Å². The van der Waals surface area contributed by atoms with Crippen LogP contribution in [0.5, 0.6) is 0 Å². The third-order valence-corrected chi connectivity index (χ3v) is 3.99. The van der Waals surface area contributed by atoms with Crippen molar-refractivity contribution in [2.24, 2.45) is 7.05 Å². The van der Waals surface area contributed by atoms with Crippen LogP contribution in [0.3, 0.4) is 0 Å². The van der Waals surface area contributed by atoms with E-state index in [0.29, 0.717) is 6.04 Å². The van der Waals surface area contributed by atoms with Gasteiger partial charge in [0.05, 0.1) is 13.6 Å². The zero-order valence-corrected chi connectivity index (χ0v) is 11.6. The maximum absolute atomic E-state index is 5.88. The van der Waals surface area contributed by atoms with E-state index in [1.54, 1.807) is 0 Å². The van der Waals surface area contributed by atoms with E-state index < -0.39 is 0 Å². The summed E-state index contributed by atoms with van der Waals surface area (Å²) in [5.74, 6) is 0. The lowest BCUT2D eigenvalue weighted by molar-refractivity contribution is -0.671. The SMILES string of the molecule is Cc1cc(N2CC[C@@H](n3cc[n+](C)c3)C2)ccc1N. The second-order valence-corrected chi connectivity index (χ2v) is 5.46. The summed E-state index contributed by atoms with van der Waals surface area (Å²) in [5, 5.41) is 0. The molecule has 0 amide bonds. The van der Waals surface area contributed by atoms with Crippen LogP contribution >= 0.6 is 0 Å². The number of nitrogen functional groups attached to an aromatic ring is 1. The molecule has 1 aliphatic heterocycles. The van der Waals surface area contributed by atoms with Crippen LogP contribution in [0.15, 0.2) is 36.9 Å². The minimum atomic E-state index is 0.569. The normalized spacial score (nSPS) is 19.1. The largest absolute Gasteiger partial charge is 0.399 e. The van der Waals surface area contributed by atoms with Gasteiger partial charge in [-0.15, -0.1) is 0 Å². The summed E-state index contributed by atoms with van der Waals surface area (Å²) in [6.45, 7) is 4.24. The third kappa shape index (κ3) is 2.30. The van der Waals surface area contributed by atoms with E-state index in [4.69, 9.17) is 5.73 Å². The second-order valence-electron chi connectivity index (χ2n) is 5.46. The zero-order valence-electron chi connectivity index (χ0n) is 11.6. The fraction of sp³-hybridized carbons (Fsp3) is 0.400. The van der Waals surface area contributed by atoms with Crippen molar-refractivity contribution in [3.63, 3.8) is 0 Å². The lowest BCUT2D eigenvalue weighted by atomic mass is 10.2. The van der Waals surface area contributed by atoms with Crippen LogP contribution in [0.1, 0.15) is 18.0 Å². The van der Waals surface area contributed by atoms with E-state index in [2.05, 4.69) is 58.9 Å². The van der Waals surface area contributed by atoms with Gasteiger partial charge in [-0.2, -0.15) is 0 Å². The minimum Gasteiger partial charge on any atom is -0.399 e. The predicted octanol–water partition coefficient (Wildman–Crippen LogP) is 1.65. The molecule has 2 aromatic rings. The van der Waals surface area contributed by atoms with Gasteiger partial charge in [-0.1, -0.05) is 0 Å². The highest BCUT2D eigenvalue weighted by atomic mass is 15.2. The smallest absolute Gasteiger partial charge is 0.243 e. The molecular formula is C15H21N4+. The van der Waals surface area contributed by atoms with Crippen molar-refractivity contribution >= 4 is 11.4 Å². The number of aromatic nitrogens is 2. The molecule has 0 radical (unpaired) electrons. The second kappa shape index (κ2) is 4.61. The van der Waals surface area contributed by atoms with E-state index >= 15 is 0 Å². The Hall–Kier alpha value is -1.97. The van der Waals surface area contributed by atoms with Crippen molar-refractivity contribution in [2.45, 2.75) is 19.4 Å². The Bertz CT molecular complexity index is 588. The Morgan fingerprint density at radius 2 is 2.21 bits per heavy atom. The van der Waals surface area contributed by atoms with Crippen LogP contribution in [-0.4, -0.2) is 17.7 Å². The van der Waals surface area contributed by atoms with Gasteiger partial charge in [-0.05, 0) is 30.7 Å². The van der Waals surface area contributed by atoms with E-state index in [1.807, 2.05) is 6.07 Å². The zero-order chi connectivity index (χ0) is 13.4. The summed E-state index contributed by atoms with van der Waals surface area (Å²) < 4.78 is 4.40. The molecule has 4 nitrogen and oxygen atoms in total. The molecule has 2 N–H and O–H groups in total. The number of nitrogens with zero attached hydrogens (tertiary/aromatic N) is 3. The van der Waals surface area contributed by atoms with E-state index in [-0.39, 0.29) is 0 Å². The Morgan fingerprint density at radius 3 is 2.89 bits per heavy atom. The van der Waals surface area contributed by atoms with Crippen LogP contribution in [0.2, 0.25) is 0 Å². The standard InChI is InChI=1S/C15H21N4/c1-12-9-13(3-4-15(12)16)18-6-5-14(10-18)19-8-7-17(2)11-19/h3-4,7-9,11,14H,5-6,10,16H2,1-2H3/q+1/t14-/m1/s1. The molecule has 0 bridgehead atoms. The first-order valence-corrected chi connectivity index (χ1v) is 6.77. The number of nitrogens with two attached hydrogens (primary N) is 1. The third-order valence-electron chi connectivity index (χ3n) is 3.99. The highest BCUT2D eigenvalue weighted by Crippen LogP contribution is 2.28. The number of hydrogen-bond donors (Lipinski definition) is 1. The van der Waals surface area contributed by atoms with Gasteiger partial charge in [-0.3, -0.25) is 0 Å². The van der Waals surface area contributed by atoms with Crippen molar-refractivity contribution in [2.75, 3.05) is 23.7 Å². The van der Waals surface area contributed by atoms with Gasteiger partial charge >= 0.3 is 0 Å². The fourth-order valence-electron chi connectivity index (χ4n) is 2.76. The van der Waals surface area contributed by atoms with Gasteiger partial charge in [-0.25, -0.2) is 9.13 Å². The molecule has 0 aliphatic carbocycles. The lowest BCUT2D eigenvalue weighted by Crippen LogP contribution is -2.25. The average molecular weight is 257 g/mol. The Morgan fingerprint density at radius 1 is 1.37 bits per heavy atom. The lowest BCUT2D eigenvalue weighted by Gasteiger charge is -2.18. The molecule has 19 heavy (non-hydrogen) atoms. The van der Waals surface area contributed by atoms with Gasteiger partial charge in [0.25, 0.3) is 0 Å². The molecule has 0 spiro atoms. The van der Waals surface area contributed by atoms with Crippen LogP contribution in [0.4, 0.5) is 11.4 Å². The molecule has 3 rings (SSSR count). The van der Waals surface area contributed by atoms with Crippen LogP contribution < -0.4 is 15.2 Å². The summed E-state index contributed by atoms with van der Waals surface area (Å²) in [4.78, 5) is 2.44. The number of aryl methyl sites for hydroxylation is 2. The van der Waals surface area contributed by atoms with E-state index in [0.717, 1.165) is 24.3 Å². The minimum absolute atomic E-state index is 0.569. The predicted molar refractivity (Wildman–Crippen MR) is 77.1 cm³/mol. The van der Waals surface area contributed by atoms with Gasteiger partial charge in [0, 0.05) is 24.3 Å². The van der Waals surface area contributed by atoms with Gasteiger partial charge < -0.3 is 10.6 Å². The average Bonchev–Trinajstić information content (AvgIpc) is 3.01. The van der Waals surface area contributed by atoms with Gasteiger partial charge in [0.1, 0.15) is 18.4 Å². The first-order valence-electron chi connectivity index (χ1n) is 6.77. The van der Waals surface area contributed by atoms with Gasteiger partial charge in [0.15, 0.2) is 0 Å². The summed E-state index contributed by atoms with van der Waals surface area (Å²) in [6.07, 6.45) is 7.60. The molecule has 0 unspecified atom stereocenters. The van der Waals surface area contributed by atoms with E-state index in [1.165, 1.54) is 12.1 Å². The number of imidazole rings is 1. The fourth-order valence-corrected chi connectivity index (χ4v) is 2.76. The molecule has 1 saturated heterocycles. The van der Waals surface area contributed by atoms with Crippen molar-refractivity contribution in [1.29, 1.82) is 0 Å². The monoisotopic (exact) mass is 257 g/mol. The Labute approximate surface area is 114 Å². The Balaban J connectivity index is 1.76. The molecular weight excluding hydrogens is 236 g/mol. The summed E-state index contributed by atoms with van der Waals surface area (Å²) in [5.41, 5.74) is 9.20. The summed E-state index contributed by atoms with van der Waals surface area (Å²) in [6, 6.07) is 6.89. The molecule has 1 fully saturated rings. The first kappa shape index (κ1) is 12.1. The van der Waals surface area contributed by atoms with Gasteiger partial charge in [0.2, 0.25) is 6.33 Å². The van der Waals surface area contributed by atoms with Crippen LogP contribution in [0, 0.1) is 6.92 Å². The number of benzene rings is 1. The first-order chi connectivity index (χ1) is 9.13. The number of anilines is 2. The quantitative estimate of drug-likeness (QED) is 0.656. The topological polar surface area (TPSA) is 38.1 Å². The molecule has 100 valence electrons. The van der Waals surface area contributed by atoms with E-state index in [9.17, 15) is 0 Å². The van der Waals surface area contributed by atoms with Crippen molar-refractivity contribution in [1.82, 2.24) is 4.57 Å². The van der Waals surface area contributed by atoms with Crippen molar-refractivity contribution < 1.29 is 4.57 Å². The summed E-state index contributed by atoms with van der Waals surface area (Å²) in [7, 11) is 2.06. The summed E-state index contributed by atoms with van der Waals surface area (Å²) >= 11 is 0.